The largest absolute Gasteiger partial charge is 0.467 e. The highest BCUT2D eigenvalue weighted by Crippen LogP contribution is 2.09. The van der Waals surface area contributed by atoms with Crippen LogP contribution in [-0.4, -0.2) is 22.9 Å². The summed E-state index contributed by atoms with van der Waals surface area (Å²) in [7, 11) is 1.48. The van der Waals surface area contributed by atoms with Gasteiger partial charge in [-0.2, -0.15) is 0 Å². The Morgan fingerprint density at radius 1 is 1.30 bits per heavy atom. The molecule has 8 heteroatoms. The minimum Gasteiger partial charge on any atom is -0.467 e. The minimum atomic E-state index is -0.611. The summed E-state index contributed by atoms with van der Waals surface area (Å²) >= 11 is 0. The van der Waals surface area contributed by atoms with Gasteiger partial charge in [0.1, 0.15) is 17.3 Å². The molecular weight excluding hydrogens is 264 g/mol. The molecule has 2 heterocycles. The molecule has 0 aromatic carbocycles. The first-order valence-corrected chi connectivity index (χ1v) is 5.96. The predicted octanol–water partition coefficient (Wildman–Crippen LogP) is -0.538. The molecule has 0 aliphatic rings. The van der Waals surface area contributed by atoms with Crippen molar-refractivity contribution < 1.29 is 9.15 Å². The van der Waals surface area contributed by atoms with Crippen molar-refractivity contribution in [1.29, 1.82) is 0 Å². The fourth-order valence-corrected chi connectivity index (χ4v) is 1.83. The fraction of sp³-hybridized carbons (Fsp3) is 0.333. The van der Waals surface area contributed by atoms with E-state index in [0.29, 0.717) is 5.76 Å². The highest BCUT2D eigenvalue weighted by Gasteiger charge is 2.15. The van der Waals surface area contributed by atoms with Gasteiger partial charge < -0.3 is 20.6 Å². The summed E-state index contributed by atoms with van der Waals surface area (Å²) in [5.74, 6) is 0.472. The topological polar surface area (TPSA) is 118 Å². The molecule has 0 spiro atoms. The second-order valence-electron chi connectivity index (χ2n) is 4.20. The van der Waals surface area contributed by atoms with E-state index in [-0.39, 0.29) is 31.2 Å². The Hall–Kier alpha value is -2.48. The lowest BCUT2D eigenvalue weighted by atomic mass is 10.4. The summed E-state index contributed by atoms with van der Waals surface area (Å²) in [5.41, 5.74) is 10.1. The Morgan fingerprint density at radius 3 is 2.65 bits per heavy atom. The van der Waals surface area contributed by atoms with Crippen LogP contribution < -0.4 is 22.7 Å². The maximum Gasteiger partial charge on any atom is 0.333 e. The first-order valence-electron chi connectivity index (χ1n) is 5.96. The van der Waals surface area contributed by atoms with Crippen LogP contribution in [0.4, 0.5) is 11.5 Å². The Morgan fingerprint density at radius 2 is 2.05 bits per heavy atom. The lowest BCUT2D eigenvalue weighted by Gasteiger charge is -2.13. The molecule has 0 radical (unpaired) electrons. The molecule has 0 saturated heterocycles. The van der Waals surface area contributed by atoms with Gasteiger partial charge in [0.2, 0.25) is 0 Å². The molecule has 8 nitrogen and oxygen atoms in total. The molecule has 0 fully saturated rings. The van der Waals surface area contributed by atoms with Gasteiger partial charge in [-0.1, -0.05) is 0 Å². The third-order valence-electron chi connectivity index (χ3n) is 2.92. The van der Waals surface area contributed by atoms with Gasteiger partial charge >= 0.3 is 5.69 Å². The maximum absolute atomic E-state index is 12.3. The number of aromatic nitrogens is 2. The van der Waals surface area contributed by atoms with Crippen LogP contribution in [0, 0.1) is 0 Å². The average molecular weight is 280 g/mol. The van der Waals surface area contributed by atoms with Crippen LogP contribution in [0.1, 0.15) is 5.76 Å². The van der Waals surface area contributed by atoms with Gasteiger partial charge in [-0.25, -0.2) is 4.79 Å². The summed E-state index contributed by atoms with van der Waals surface area (Å²) in [5, 5.41) is 0. The standard InChI is InChI=1S/C12H16N4O4/c1-19-6-4-15-11(17)9(13)10(14)16(12(15)18)7-8-3-2-5-20-8/h2-3,5H,4,6-7,13-14H2,1H3. The van der Waals surface area contributed by atoms with E-state index in [1.54, 1.807) is 12.1 Å². The van der Waals surface area contributed by atoms with Crippen molar-refractivity contribution in [2.24, 2.45) is 0 Å². The SMILES string of the molecule is COCCn1c(=O)c(N)c(N)n(Cc2ccco2)c1=O. The summed E-state index contributed by atoms with van der Waals surface area (Å²) < 4.78 is 12.2. The molecule has 2 aromatic heterocycles. The zero-order valence-electron chi connectivity index (χ0n) is 11.0. The molecule has 2 aromatic rings. The lowest BCUT2D eigenvalue weighted by molar-refractivity contribution is 0.184. The third-order valence-corrected chi connectivity index (χ3v) is 2.92. The van der Waals surface area contributed by atoms with Crippen LogP contribution in [0.15, 0.2) is 32.4 Å². The van der Waals surface area contributed by atoms with Crippen molar-refractivity contribution in [3.8, 4) is 0 Å². The molecule has 0 aliphatic heterocycles. The van der Waals surface area contributed by atoms with E-state index in [2.05, 4.69) is 0 Å². The van der Waals surface area contributed by atoms with Crippen molar-refractivity contribution in [2.75, 3.05) is 25.2 Å². The molecule has 2 rings (SSSR count). The van der Waals surface area contributed by atoms with Crippen molar-refractivity contribution in [1.82, 2.24) is 9.13 Å². The number of hydrogen-bond acceptors (Lipinski definition) is 6. The highest BCUT2D eigenvalue weighted by atomic mass is 16.5. The lowest BCUT2D eigenvalue weighted by Crippen LogP contribution is -2.43. The molecule has 0 saturated carbocycles. The van der Waals surface area contributed by atoms with E-state index in [4.69, 9.17) is 20.6 Å². The molecule has 108 valence electrons. The van der Waals surface area contributed by atoms with Gasteiger partial charge in [-0.05, 0) is 12.1 Å². The number of furan rings is 1. The predicted molar refractivity (Wildman–Crippen MR) is 73.5 cm³/mol. The summed E-state index contributed by atoms with van der Waals surface area (Å²) in [6.07, 6.45) is 1.49. The monoisotopic (exact) mass is 280 g/mol. The summed E-state index contributed by atoms with van der Waals surface area (Å²) in [6.45, 7) is 0.436. The number of hydrogen-bond donors (Lipinski definition) is 2. The third kappa shape index (κ3) is 2.45. The first kappa shape index (κ1) is 13.9. The van der Waals surface area contributed by atoms with E-state index in [1.807, 2.05) is 0 Å². The first-order chi connectivity index (χ1) is 9.56. The number of nitrogens with two attached hydrogens (primary N) is 2. The van der Waals surface area contributed by atoms with Gasteiger partial charge in [0.15, 0.2) is 0 Å². The minimum absolute atomic E-state index is 0.0648. The van der Waals surface area contributed by atoms with E-state index in [0.717, 1.165) is 4.57 Å². The highest BCUT2D eigenvalue weighted by molar-refractivity contribution is 5.56. The number of nitrogen functional groups attached to an aromatic ring is 2. The zero-order chi connectivity index (χ0) is 14.7. The van der Waals surface area contributed by atoms with E-state index in [1.165, 1.54) is 17.9 Å². The Bertz CT molecular complexity index is 699. The van der Waals surface area contributed by atoms with Crippen LogP contribution >= 0.6 is 0 Å². The smallest absolute Gasteiger partial charge is 0.333 e. The van der Waals surface area contributed by atoms with Gasteiger partial charge in [0.05, 0.1) is 26.0 Å². The Labute approximate surface area is 114 Å². The summed E-state index contributed by atoms with van der Waals surface area (Å²) in [6, 6.07) is 3.40. The number of rotatable bonds is 5. The summed E-state index contributed by atoms with van der Waals surface area (Å²) in [4.78, 5) is 24.2. The number of nitrogens with zero attached hydrogens (tertiary/aromatic N) is 2. The van der Waals surface area contributed by atoms with Gasteiger partial charge in [0.25, 0.3) is 5.56 Å². The van der Waals surface area contributed by atoms with E-state index >= 15 is 0 Å². The van der Waals surface area contributed by atoms with Crippen molar-refractivity contribution in [2.45, 2.75) is 13.1 Å². The molecular formula is C12H16N4O4. The second kappa shape index (κ2) is 5.66. The van der Waals surface area contributed by atoms with Crippen LogP contribution in [0.25, 0.3) is 0 Å². The van der Waals surface area contributed by atoms with Crippen LogP contribution in [0.5, 0.6) is 0 Å². The molecule has 0 aliphatic carbocycles. The molecule has 0 bridgehead atoms. The fourth-order valence-electron chi connectivity index (χ4n) is 1.83. The maximum atomic E-state index is 12.3. The average Bonchev–Trinajstić information content (AvgIpc) is 2.94. The molecule has 20 heavy (non-hydrogen) atoms. The molecule has 4 N–H and O–H groups in total. The Balaban J connectivity index is 2.53. The number of anilines is 2. The van der Waals surface area contributed by atoms with Gasteiger partial charge in [0, 0.05) is 7.11 Å². The van der Waals surface area contributed by atoms with Crippen LogP contribution in [0.3, 0.4) is 0 Å². The normalized spacial score (nSPS) is 10.8. The van der Waals surface area contributed by atoms with Crippen LogP contribution in [-0.2, 0) is 17.8 Å². The molecule has 0 unspecified atom stereocenters. The van der Waals surface area contributed by atoms with Crippen molar-refractivity contribution in [3.63, 3.8) is 0 Å². The molecule has 0 amide bonds. The van der Waals surface area contributed by atoms with Gasteiger partial charge in [-0.15, -0.1) is 0 Å². The Kier molecular flexibility index (Phi) is 3.94. The van der Waals surface area contributed by atoms with Crippen molar-refractivity contribution in [3.05, 3.63) is 45.0 Å². The van der Waals surface area contributed by atoms with Crippen LogP contribution in [0.2, 0.25) is 0 Å². The van der Waals surface area contributed by atoms with E-state index in [9.17, 15) is 9.59 Å². The zero-order valence-corrected chi connectivity index (χ0v) is 11.0. The second-order valence-corrected chi connectivity index (χ2v) is 4.20. The van der Waals surface area contributed by atoms with E-state index < -0.39 is 11.2 Å². The number of methoxy groups -OCH3 is 1. The van der Waals surface area contributed by atoms with Gasteiger partial charge in [-0.3, -0.25) is 13.9 Å². The molecule has 0 atom stereocenters. The number of ether oxygens (including phenoxy) is 1. The quantitative estimate of drug-likeness (QED) is 0.759. The van der Waals surface area contributed by atoms with Crippen molar-refractivity contribution >= 4 is 11.5 Å².